The highest BCUT2D eigenvalue weighted by Gasteiger charge is 2.34. The summed E-state index contributed by atoms with van der Waals surface area (Å²) in [5.41, 5.74) is 8.42. The molecule has 30 heavy (non-hydrogen) atoms. The summed E-state index contributed by atoms with van der Waals surface area (Å²) < 4.78 is 7.44. The Balaban J connectivity index is 1.81. The molecule has 0 fully saturated rings. The minimum absolute atomic E-state index is 0.147. The zero-order valence-corrected chi connectivity index (χ0v) is 18.1. The molecule has 0 atom stereocenters. The van der Waals surface area contributed by atoms with Crippen molar-refractivity contribution in [3.63, 3.8) is 0 Å². The summed E-state index contributed by atoms with van der Waals surface area (Å²) in [4.78, 5) is 23.7. The van der Waals surface area contributed by atoms with Crippen molar-refractivity contribution in [2.75, 3.05) is 7.05 Å². The fourth-order valence-electron chi connectivity index (χ4n) is 4.08. The number of imidazole rings is 1. The van der Waals surface area contributed by atoms with Crippen molar-refractivity contribution in [2.24, 2.45) is 5.73 Å². The summed E-state index contributed by atoms with van der Waals surface area (Å²) in [5, 5.41) is 4.58. The molecule has 0 radical (unpaired) electrons. The number of carbonyl (C=O) groups is 1. The SMILES string of the molecule is CCCC(N)(CCC)c1nc(-c2ncn3c2CN(C)C(=O)c2c(Cl)cccc2-3)no1. The summed E-state index contributed by atoms with van der Waals surface area (Å²) in [6.07, 6.45) is 5.01. The first-order chi connectivity index (χ1) is 14.4. The van der Waals surface area contributed by atoms with Crippen LogP contribution in [0.25, 0.3) is 17.2 Å². The molecule has 3 heterocycles. The second kappa shape index (κ2) is 7.85. The van der Waals surface area contributed by atoms with Gasteiger partial charge in [-0.15, -0.1) is 0 Å². The van der Waals surface area contributed by atoms with Crippen molar-refractivity contribution < 1.29 is 9.32 Å². The van der Waals surface area contributed by atoms with Gasteiger partial charge in [0.05, 0.1) is 34.1 Å². The Hall–Kier alpha value is -2.71. The van der Waals surface area contributed by atoms with Gasteiger partial charge in [-0.25, -0.2) is 4.98 Å². The van der Waals surface area contributed by atoms with Crippen LogP contribution in [0.2, 0.25) is 5.02 Å². The first kappa shape index (κ1) is 20.6. The van der Waals surface area contributed by atoms with Crippen LogP contribution in [0.15, 0.2) is 29.0 Å². The molecule has 1 aliphatic rings. The van der Waals surface area contributed by atoms with Crippen LogP contribution in [0.1, 0.15) is 61.5 Å². The van der Waals surface area contributed by atoms with Crippen molar-refractivity contribution in [1.82, 2.24) is 24.6 Å². The minimum atomic E-state index is -0.654. The molecule has 3 aromatic rings. The largest absolute Gasteiger partial charge is 0.337 e. The molecule has 0 aliphatic carbocycles. The number of nitrogens with two attached hydrogens (primary N) is 1. The van der Waals surface area contributed by atoms with Gasteiger partial charge in [0, 0.05) is 7.05 Å². The molecule has 0 saturated heterocycles. The monoisotopic (exact) mass is 428 g/mol. The second-order valence-electron chi connectivity index (χ2n) is 7.78. The lowest BCUT2D eigenvalue weighted by atomic mass is 9.90. The molecule has 0 saturated carbocycles. The van der Waals surface area contributed by atoms with Gasteiger partial charge in [-0.3, -0.25) is 9.36 Å². The van der Waals surface area contributed by atoms with Gasteiger partial charge in [0.25, 0.3) is 5.91 Å². The maximum absolute atomic E-state index is 12.9. The highest BCUT2D eigenvalue weighted by atomic mass is 35.5. The van der Waals surface area contributed by atoms with E-state index in [1.54, 1.807) is 24.3 Å². The summed E-state index contributed by atoms with van der Waals surface area (Å²) in [7, 11) is 1.73. The number of halogens is 1. The first-order valence-electron chi connectivity index (χ1n) is 10.1. The number of amides is 1. The maximum atomic E-state index is 12.9. The smallest absolute Gasteiger partial charge is 0.257 e. The van der Waals surface area contributed by atoms with Crippen molar-refractivity contribution in [2.45, 2.75) is 51.6 Å². The van der Waals surface area contributed by atoms with E-state index in [1.165, 1.54) is 0 Å². The van der Waals surface area contributed by atoms with Gasteiger partial charge < -0.3 is 15.2 Å². The summed E-state index contributed by atoms with van der Waals surface area (Å²) in [5.74, 6) is 0.641. The molecular formula is C21H25ClN6O2. The van der Waals surface area contributed by atoms with Gasteiger partial charge in [0.15, 0.2) is 0 Å². The average Bonchev–Trinajstić information content (AvgIpc) is 3.33. The Morgan fingerprint density at radius 2 is 2.00 bits per heavy atom. The molecule has 8 nitrogen and oxygen atoms in total. The van der Waals surface area contributed by atoms with Gasteiger partial charge in [-0.2, -0.15) is 4.98 Å². The molecule has 4 rings (SSSR count). The zero-order valence-electron chi connectivity index (χ0n) is 17.4. The average molecular weight is 429 g/mol. The lowest BCUT2D eigenvalue weighted by Crippen LogP contribution is -2.36. The third-order valence-electron chi connectivity index (χ3n) is 5.52. The van der Waals surface area contributed by atoms with Gasteiger partial charge in [-0.05, 0) is 25.0 Å². The van der Waals surface area contributed by atoms with Gasteiger partial charge in [0.2, 0.25) is 11.7 Å². The Bertz CT molecular complexity index is 1080. The normalized spacial score (nSPS) is 13.9. The van der Waals surface area contributed by atoms with Crippen LogP contribution < -0.4 is 5.73 Å². The van der Waals surface area contributed by atoms with Gasteiger partial charge >= 0.3 is 0 Å². The van der Waals surface area contributed by atoms with Gasteiger partial charge in [0.1, 0.15) is 12.0 Å². The molecule has 158 valence electrons. The van der Waals surface area contributed by atoms with Crippen LogP contribution in [-0.2, 0) is 12.1 Å². The van der Waals surface area contributed by atoms with E-state index in [9.17, 15) is 4.79 Å². The Morgan fingerprint density at radius 3 is 2.70 bits per heavy atom. The number of fused-ring (bicyclic) bond motifs is 3. The topological polar surface area (TPSA) is 103 Å². The molecule has 1 amide bonds. The summed E-state index contributed by atoms with van der Waals surface area (Å²) in [6, 6.07) is 5.37. The first-order valence-corrected chi connectivity index (χ1v) is 10.5. The van der Waals surface area contributed by atoms with Crippen LogP contribution in [0.3, 0.4) is 0 Å². The van der Waals surface area contributed by atoms with Crippen LogP contribution in [-0.4, -0.2) is 37.5 Å². The molecule has 2 aromatic heterocycles. The fourth-order valence-corrected chi connectivity index (χ4v) is 4.34. The van der Waals surface area contributed by atoms with Crippen LogP contribution in [0.5, 0.6) is 0 Å². The van der Waals surface area contributed by atoms with E-state index in [4.69, 9.17) is 21.9 Å². The molecule has 0 bridgehead atoms. The lowest BCUT2D eigenvalue weighted by molar-refractivity contribution is 0.0788. The summed E-state index contributed by atoms with van der Waals surface area (Å²) >= 11 is 6.34. The van der Waals surface area contributed by atoms with Crippen LogP contribution >= 0.6 is 11.6 Å². The Labute approximate surface area is 180 Å². The van der Waals surface area contributed by atoms with Crippen molar-refractivity contribution in [1.29, 1.82) is 0 Å². The quantitative estimate of drug-likeness (QED) is 0.638. The van der Waals surface area contributed by atoms with E-state index < -0.39 is 5.54 Å². The number of aromatic nitrogens is 4. The molecule has 9 heteroatoms. The minimum Gasteiger partial charge on any atom is -0.337 e. The Kier molecular flexibility index (Phi) is 5.38. The number of hydrogen-bond acceptors (Lipinski definition) is 6. The van der Waals surface area contributed by atoms with Gasteiger partial charge in [-0.1, -0.05) is 49.5 Å². The number of carbonyl (C=O) groups excluding carboxylic acids is 1. The number of nitrogens with zero attached hydrogens (tertiary/aromatic N) is 5. The predicted molar refractivity (Wildman–Crippen MR) is 113 cm³/mol. The molecule has 1 aliphatic heterocycles. The molecule has 0 spiro atoms. The zero-order chi connectivity index (χ0) is 21.5. The standard InChI is InChI=1S/C21H25ClN6O2/c1-4-9-21(23,10-5-2)20-25-18(26-30-20)17-15-11-27(3)19(29)16-13(22)7-6-8-14(16)28(15)12-24-17/h6-8,12H,4-5,9-11,23H2,1-3H3. The van der Waals surface area contributed by atoms with Crippen molar-refractivity contribution >= 4 is 17.5 Å². The third kappa shape index (κ3) is 3.30. The fraction of sp³-hybridized carbons (Fsp3) is 0.429. The molecule has 2 N–H and O–H groups in total. The molecular weight excluding hydrogens is 404 g/mol. The maximum Gasteiger partial charge on any atom is 0.257 e. The number of rotatable bonds is 6. The Morgan fingerprint density at radius 1 is 1.27 bits per heavy atom. The molecule has 0 unspecified atom stereocenters. The van der Waals surface area contributed by atoms with E-state index in [0.29, 0.717) is 40.2 Å². The molecule has 1 aromatic carbocycles. The van der Waals surface area contributed by atoms with E-state index in [2.05, 4.69) is 29.0 Å². The van der Waals surface area contributed by atoms with Crippen LogP contribution in [0, 0.1) is 0 Å². The highest BCUT2D eigenvalue weighted by Crippen LogP contribution is 2.34. The van der Waals surface area contributed by atoms with E-state index in [0.717, 1.165) is 31.4 Å². The van der Waals surface area contributed by atoms with Crippen LogP contribution in [0.4, 0.5) is 0 Å². The van der Waals surface area contributed by atoms with E-state index in [1.807, 2.05) is 16.7 Å². The van der Waals surface area contributed by atoms with E-state index in [-0.39, 0.29) is 5.91 Å². The predicted octanol–water partition coefficient (Wildman–Crippen LogP) is 3.92. The van der Waals surface area contributed by atoms with Crippen molar-refractivity contribution in [3.05, 3.63) is 46.7 Å². The van der Waals surface area contributed by atoms with Crippen molar-refractivity contribution in [3.8, 4) is 17.2 Å². The van der Waals surface area contributed by atoms with E-state index >= 15 is 0 Å². The summed E-state index contributed by atoms with van der Waals surface area (Å²) in [6.45, 7) is 4.50. The number of hydrogen-bond donors (Lipinski definition) is 1. The lowest BCUT2D eigenvalue weighted by Gasteiger charge is -2.24. The highest BCUT2D eigenvalue weighted by molar-refractivity contribution is 6.34. The number of benzene rings is 1. The second-order valence-corrected chi connectivity index (χ2v) is 8.19. The third-order valence-corrected chi connectivity index (χ3v) is 5.84.